The van der Waals surface area contributed by atoms with Gasteiger partial charge in [0.25, 0.3) is 0 Å². The topological polar surface area (TPSA) is 69.7 Å². The van der Waals surface area contributed by atoms with Gasteiger partial charge in [-0.2, -0.15) is 0 Å². The van der Waals surface area contributed by atoms with Crippen molar-refractivity contribution in [3.63, 3.8) is 0 Å². The highest BCUT2D eigenvalue weighted by atomic mass is 16.2. The van der Waals surface area contributed by atoms with Gasteiger partial charge < -0.3 is 10.2 Å². The lowest BCUT2D eigenvalue weighted by Gasteiger charge is -2.38. The van der Waals surface area contributed by atoms with E-state index in [-0.39, 0.29) is 41.5 Å². The van der Waals surface area contributed by atoms with Crippen molar-refractivity contribution in [3.8, 4) is 0 Å². The number of fused-ring (bicyclic) bond motifs is 1. The molecule has 4 amide bonds. The molecule has 1 saturated carbocycles. The second-order valence-corrected chi connectivity index (χ2v) is 9.09. The van der Waals surface area contributed by atoms with Gasteiger partial charge in [-0.05, 0) is 49.5 Å². The fourth-order valence-electron chi connectivity index (χ4n) is 5.78. The quantitative estimate of drug-likeness (QED) is 0.616. The minimum atomic E-state index is -0.646. The maximum atomic E-state index is 13.4. The summed E-state index contributed by atoms with van der Waals surface area (Å²) in [5.41, 5.74) is 0.998. The molecule has 1 N–H and O–H groups in total. The molecule has 3 fully saturated rings. The Hall–Kier alpha value is -2.63. The van der Waals surface area contributed by atoms with Crippen LogP contribution >= 0.6 is 0 Å². The van der Waals surface area contributed by atoms with E-state index < -0.39 is 6.17 Å². The molecule has 5 aliphatic rings. The van der Waals surface area contributed by atoms with E-state index in [1.807, 2.05) is 35.2 Å². The third kappa shape index (κ3) is 3.32. The first kappa shape index (κ1) is 19.3. The second kappa shape index (κ2) is 7.89. The molecule has 1 aromatic carbocycles. The number of likely N-dealkylation sites (tertiary alicyclic amines) is 2. The number of imide groups is 1. The summed E-state index contributed by atoms with van der Waals surface area (Å²) < 4.78 is 0. The van der Waals surface area contributed by atoms with Crippen LogP contribution in [0.1, 0.15) is 37.7 Å². The monoisotopic (exact) mass is 407 g/mol. The highest BCUT2D eigenvalue weighted by molar-refractivity contribution is 6.06. The third-order valence-corrected chi connectivity index (χ3v) is 7.31. The predicted octanol–water partition coefficient (Wildman–Crippen LogP) is 2.95. The van der Waals surface area contributed by atoms with Crippen LogP contribution in [-0.2, 0) is 16.0 Å². The summed E-state index contributed by atoms with van der Waals surface area (Å²) in [6.45, 7) is 1.45. The molecule has 0 radical (unpaired) electrons. The van der Waals surface area contributed by atoms with Gasteiger partial charge >= 0.3 is 6.03 Å². The van der Waals surface area contributed by atoms with Crippen molar-refractivity contribution in [2.24, 2.45) is 23.7 Å². The summed E-state index contributed by atoms with van der Waals surface area (Å²) >= 11 is 0. The van der Waals surface area contributed by atoms with Crippen molar-refractivity contribution in [1.82, 2.24) is 15.1 Å². The number of hydrogen-bond acceptors (Lipinski definition) is 3. The van der Waals surface area contributed by atoms with Crippen molar-refractivity contribution < 1.29 is 14.4 Å². The van der Waals surface area contributed by atoms with Crippen LogP contribution in [0.2, 0.25) is 0 Å². The number of nitrogens with one attached hydrogen (secondary N) is 1. The van der Waals surface area contributed by atoms with E-state index in [2.05, 4.69) is 17.5 Å². The Morgan fingerprint density at radius 1 is 0.933 bits per heavy atom. The number of piperidine rings is 1. The normalized spacial score (nSPS) is 31.1. The van der Waals surface area contributed by atoms with E-state index >= 15 is 0 Å². The summed E-state index contributed by atoms with van der Waals surface area (Å²) in [5.74, 6) is -0.432. The van der Waals surface area contributed by atoms with Crippen molar-refractivity contribution in [1.29, 1.82) is 0 Å². The average molecular weight is 408 g/mol. The Morgan fingerprint density at radius 3 is 2.10 bits per heavy atom. The lowest BCUT2D eigenvalue weighted by atomic mass is 9.63. The molecular weight excluding hydrogens is 378 g/mol. The maximum absolute atomic E-state index is 13.4. The van der Waals surface area contributed by atoms with E-state index in [0.29, 0.717) is 6.42 Å². The van der Waals surface area contributed by atoms with Gasteiger partial charge in [-0.15, -0.1) is 0 Å². The number of carbonyl (C=O) groups is 3. The van der Waals surface area contributed by atoms with Gasteiger partial charge in [-0.3, -0.25) is 14.5 Å². The molecule has 2 saturated heterocycles. The molecule has 2 aliphatic heterocycles. The van der Waals surface area contributed by atoms with Crippen LogP contribution in [0.15, 0.2) is 42.5 Å². The zero-order valence-corrected chi connectivity index (χ0v) is 17.2. The molecular formula is C24H29N3O3. The van der Waals surface area contributed by atoms with Crippen molar-refractivity contribution in [2.75, 3.05) is 13.1 Å². The van der Waals surface area contributed by atoms with Crippen LogP contribution in [0.25, 0.3) is 0 Å². The fraction of sp³-hybridized carbons (Fsp3) is 0.542. The van der Waals surface area contributed by atoms with Crippen LogP contribution in [0.5, 0.6) is 0 Å². The van der Waals surface area contributed by atoms with Gasteiger partial charge in [0.05, 0.1) is 11.8 Å². The number of urea groups is 1. The van der Waals surface area contributed by atoms with E-state index in [4.69, 9.17) is 0 Å². The maximum Gasteiger partial charge on any atom is 0.319 e. The smallest absolute Gasteiger partial charge is 0.319 e. The first-order chi connectivity index (χ1) is 14.6. The molecule has 3 aliphatic carbocycles. The standard InChI is InChI=1S/C24H29N3O3/c28-22-20-17-9-10-18(12-11-17)21(20)23(29)27(22)19(15-16-7-3-1-4-8-16)25-24(30)26-13-5-2-6-14-26/h1,3-4,7-10,17-21H,2,5-6,11-15H2,(H,25,30). The lowest BCUT2D eigenvalue weighted by Crippen LogP contribution is -2.56. The predicted molar refractivity (Wildman–Crippen MR) is 112 cm³/mol. The number of rotatable bonds is 4. The van der Waals surface area contributed by atoms with Gasteiger partial charge in [0.2, 0.25) is 11.8 Å². The van der Waals surface area contributed by atoms with Crippen LogP contribution in [0, 0.1) is 23.7 Å². The molecule has 2 heterocycles. The molecule has 0 spiro atoms. The Labute approximate surface area is 177 Å². The molecule has 158 valence electrons. The molecule has 5 unspecified atom stereocenters. The number of carbonyl (C=O) groups excluding carboxylic acids is 3. The van der Waals surface area contributed by atoms with Crippen molar-refractivity contribution >= 4 is 17.8 Å². The Morgan fingerprint density at radius 2 is 1.53 bits per heavy atom. The Kier molecular flexibility index (Phi) is 5.09. The Balaban J connectivity index is 1.41. The minimum Gasteiger partial charge on any atom is -0.325 e. The van der Waals surface area contributed by atoms with Gasteiger partial charge in [-0.1, -0.05) is 42.5 Å². The van der Waals surface area contributed by atoms with Gasteiger partial charge in [0.1, 0.15) is 6.17 Å². The molecule has 6 nitrogen and oxygen atoms in total. The number of allylic oxidation sites excluding steroid dienone is 2. The van der Waals surface area contributed by atoms with Gasteiger partial charge in [0, 0.05) is 19.5 Å². The number of benzene rings is 1. The van der Waals surface area contributed by atoms with Crippen LogP contribution < -0.4 is 5.32 Å². The SMILES string of the molecule is O=C(NC(Cc1ccccc1)N1C(=O)C2C3C=CC(CC3)C2C1=O)N1CCCCC1. The van der Waals surface area contributed by atoms with E-state index in [0.717, 1.165) is 50.8 Å². The van der Waals surface area contributed by atoms with E-state index in [9.17, 15) is 14.4 Å². The van der Waals surface area contributed by atoms with Crippen molar-refractivity contribution in [2.45, 2.75) is 44.7 Å². The van der Waals surface area contributed by atoms with E-state index in [1.54, 1.807) is 0 Å². The first-order valence-electron chi connectivity index (χ1n) is 11.3. The summed E-state index contributed by atoms with van der Waals surface area (Å²) in [5, 5.41) is 3.05. The van der Waals surface area contributed by atoms with Crippen LogP contribution in [0.3, 0.4) is 0 Å². The molecule has 6 rings (SSSR count). The minimum absolute atomic E-state index is 0.107. The fourth-order valence-corrected chi connectivity index (χ4v) is 5.78. The molecule has 2 bridgehead atoms. The molecule has 0 aromatic heterocycles. The summed E-state index contributed by atoms with van der Waals surface area (Å²) in [6, 6.07) is 9.60. The highest BCUT2D eigenvalue weighted by Crippen LogP contribution is 2.50. The summed E-state index contributed by atoms with van der Waals surface area (Å²) in [7, 11) is 0. The number of nitrogens with zero attached hydrogens (tertiary/aromatic N) is 2. The molecule has 6 heteroatoms. The summed E-state index contributed by atoms with van der Waals surface area (Å²) in [4.78, 5) is 43.1. The first-order valence-corrected chi connectivity index (χ1v) is 11.3. The lowest BCUT2D eigenvalue weighted by molar-refractivity contribution is -0.143. The van der Waals surface area contributed by atoms with Crippen LogP contribution in [-0.4, -0.2) is 46.9 Å². The van der Waals surface area contributed by atoms with E-state index in [1.165, 1.54) is 4.90 Å². The van der Waals surface area contributed by atoms with Crippen molar-refractivity contribution in [3.05, 3.63) is 48.0 Å². The second-order valence-electron chi connectivity index (χ2n) is 9.09. The number of amides is 4. The molecule has 1 aromatic rings. The zero-order chi connectivity index (χ0) is 20.7. The van der Waals surface area contributed by atoms with Gasteiger partial charge in [0.15, 0.2) is 0 Å². The molecule has 5 atom stereocenters. The molecule has 30 heavy (non-hydrogen) atoms. The van der Waals surface area contributed by atoms with Crippen LogP contribution in [0.4, 0.5) is 4.79 Å². The van der Waals surface area contributed by atoms with Gasteiger partial charge in [-0.25, -0.2) is 4.79 Å². The summed E-state index contributed by atoms with van der Waals surface area (Å²) in [6.07, 6.45) is 9.11. The Bertz CT molecular complexity index is 830. The zero-order valence-electron chi connectivity index (χ0n) is 17.2. The largest absolute Gasteiger partial charge is 0.325 e. The highest BCUT2D eigenvalue weighted by Gasteiger charge is 2.58. The third-order valence-electron chi connectivity index (χ3n) is 7.31. The average Bonchev–Trinajstić information content (AvgIpc) is 3.08. The number of hydrogen-bond donors (Lipinski definition) is 1.